The van der Waals surface area contributed by atoms with Crippen LogP contribution in [0.25, 0.3) is 10.9 Å². The first-order valence-electron chi connectivity index (χ1n) is 9.99. The fraction of sp³-hybridized carbons (Fsp3) is 0.417. The van der Waals surface area contributed by atoms with Crippen molar-refractivity contribution in [1.29, 1.82) is 5.26 Å². The predicted octanol–water partition coefficient (Wildman–Crippen LogP) is 5.18. The number of allylic oxidation sites excluding steroid dienone is 3. The van der Waals surface area contributed by atoms with E-state index in [1.807, 2.05) is 32.1 Å². The van der Waals surface area contributed by atoms with Gasteiger partial charge in [-0.3, -0.25) is 0 Å². The summed E-state index contributed by atoms with van der Waals surface area (Å²) < 4.78 is 6.08. The monoisotopic (exact) mass is 371 g/mol. The lowest BCUT2D eigenvalue weighted by Gasteiger charge is -2.37. The van der Waals surface area contributed by atoms with Gasteiger partial charge in [-0.05, 0) is 86.1 Å². The summed E-state index contributed by atoms with van der Waals surface area (Å²) in [6.45, 7) is 13.6. The molecule has 3 aliphatic rings. The number of aryl methyl sites for hydroxylation is 2. The van der Waals surface area contributed by atoms with Gasteiger partial charge < -0.3 is 9.64 Å². The van der Waals surface area contributed by atoms with E-state index in [4.69, 9.17) is 11.3 Å². The molecule has 0 atom stereocenters. The zero-order valence-electron chi connectivity index (χ0n) is 16.6. The van der Waals surface area contributed by atoms with E-state index in [0.717, 1.165) is 18.4 Å². The van der Waals surface area contributed by atoms with Gasteiger partial charge in [-0.1, -0.05) is 6.08 Å². The first-order chi connectivity index (χ1) is 13.5. The lowest BCUT2D eigenvalue weighted by atomic mass is 9.90. The minimum atomic E-state index is -0.432. The van der Waals surface area contributed by atoms with Gasteiger partial charge >= 0.3 is 0 Å². The number of nitriles is 1. The van der Waals surface area contributed by atoms with E-state index in [1.54, 1.807) is 0 Å². The Morgan fingerprint density at radius 2 is 1.89 bits per heavy atom. The third-order valence-electron chi connectivity index (χ3n) is 5.64. The molecule has 4 rings (SSSR count). The Balaban J connectivity index is 1.67. The van der Waals surface area contributed by atoms with E-state index < -0.39 is 5.60 Å². The second kappa shape index (κ2) is 7.21. The summed E-state index contributed by atoms with van der Waals surface area (Å²) >= 11 is 0. The number of hydrogen-bond donors (Lipinski definition) is 0. The Labute approximate surface area is 167 Å². The molecule has 0 aliphatic carbocycles. The minimum Gasteiger partial charge on any atom is -0.488 e. The van der Waals surface area contributed by atoms with Gasteiger partial charge in [0.1, 0.15) is 11.4 Å². The van der Waals surface area contributed by atoms with Gasteiger partial charge in [0, 0.05) is 25.2 Å². The van der Waals surface area contributed by atoms with Gasteiger partial charge in [0.2, 0.25) is 0 Å². The van der Waals surface area contributed by atoms with Crippen LogP contribution < -0.4 is 4.90 Å². The van der Waals surface area contributed by atoms with Crippen molar-refractivity contribution in [3.8, 4) is 6.07 Å². The van der Waals surface area contributed by atoms with E-state index in [1.165, 1.54) is 48.3 Å². The lowest BCUT2D eigenvalue weighted by molar-refractivity contribution is 0.0356. The van der Waals surface area contributed by atoms with Crippen molar-refractivity contribution in [3.05, 3.63) is 69.4 Å². The predicted molar refractivity (Wildman–Crippen MR) is 111 cm³/mol. The van der Waals surface area contributed by atoms with Crippen LogP contribution in [0.1, 0.15) is 49.8 Å². The second-order valence-electron chi connectivity index (χ2n) is 8.40. The molecular formula is C24H25N3O. The molecule has 3 aliphatic heterocycles. The maximum absolute atomic E-state index is 9.23. The van der Waals surface area contributed by atoms with E-state index >= 15 is 0 Å². The highest BCUT2D eigenvalue weighted by Crippen LogP contribution is 2.37. The number of hydrogen-bond acceptors (Lipinski definition) is 3. The molecule has 1 aromatic carbocycles. The third kappa shape index (κ3) is 3.56. The Morgan fingerprint density at radius 3 is 2.50 bits per heavy atom. The third-order valence-corrected chi connectivity index (χ3v) is 5.64. The molecule has 0 fully saturated rings. The van der Waals surface area contributed by atoms with E-state index in [0.29, 0.717) is 12.2 Å². The maximum atomic E-state index is 9.23. The number of rotatable bonds is 2. The number of benzene rings is 1. The molecule has 4 nitrogen and oxygen atoms in total. The highest BCUT2D eigenvalue weighted by atomic mass is 16.5. The second-order valence-corrected chi connectivity index (χ2v) is 8.40. The summed E-state index contributed by atoms with van der Waals surface area (Å²) in [6.07, 6.45) is 11.2. The van der Waals surface area contributed by atoms with Crippen molar-refractivity contribution in [2.45, 2.75) is 51.6 Å². The molecule has 0 saturated carbocycles. The van der Waals surface area contributed by atoms with Crippen molar-refractivity contribution in [1.82, 2.24) is 0 Å². The molecule has 0 saturated heterocycles. The zero-order chi connectivity index (χ0) is 19.7. The molecule has 0 amide bonds. The Hall–Kier alpha value is -2.98. The average molecular weight is 371 g/mol. The highest BCUT2D eigenvalue weighted by molar-refractivity contribution is 5.68. The fourth-order valence-electron chi connectivity index (χ4n) is 4.57. The molecule has 142 valence electrons. The van der Waals surface area contributed by atoms with Crippen LogP contribution in [0.4, 0.5) is 5.69 Å². The maximum Gasteiger partial charge on any atom is 0.265 e. The molecular weight excluding hydrogens is 346 g/mol. The highest BCUT2D eigenvalue weighted by Gasteiger charge is 2.28. The van der Waals surface area contributed by atoms with E-state index in [2.05, 4.69) is 28.0 Å². The van der Waals surface area contributed by atoms with Crippen LogP contribution in [0.3, 0.4) is 0 Å². The number of nitrogens with zero attached hydrogens (tertiary/aromatic N) is 3. The molecule has 0 spiro atoms. The summed E-state index contributed by atoms with van der Waals surface area (Å²) in [5.41, 5.74) is 6.07. The first kappa shape index (κ1) is 18.4. The van der Waals surface area contributed by atoms with Crippen molar-refractivity contribution in [2.24, 2.45) is 0 Å². The topological polar surface area (TPSA) is 40.6 Å². The Bertz CT molecular complexity index is 935. The summed E-state index contributed by atoms with van der Waals surface area (Å²) in [4.78, 5) is 5.92. The van der Waals surface area contributed by atoms with Crippen LogP contribution >= 0.6 is 0 Å². The molecule has 4 heteroatoms. The van der Waals surface area contributed by atoms with Crippen LogP contribution in [-0.4, -0.2) is 18.7 Å². The molecule has 0 radical (unpaired) electrons. The minimum absolute atomic E-state index is 0.153. The van der Waals surface area contributed by atoms with Gasteiger partial charge in [0.05, 0.1) is 12.6 Å². The van der Waals surface area contributed by atoms with Crippen molar-refractivity contribution >= 4 is 11.8 Å². The Morgan fingerprint density at radius 1 is 1.21 bits per heavy atom. The lowest BCUT2D eigenvalue weighted by Crippen LogP contribution is -2.34. The standard InChI is InChI=1S/C24H25N3O/c1-24(2)15-20(22(16-25)26-3)14-21(28-24)9-8-17-12-18-6-4-10-27-11-5-7-19(13-17)23(18)27/h8-9,12-14H,4-7,10-11,15H2,1-2H3/b9-8+,22-20+. The van der Waals surface area contributed by atoms with Crippen molar-refractivity contribution < 1.29 is 4.74 Å². The molecule has 0 unspecified atom stereocenters. The van der Waals surface area contributed by atoms with Crippen molar-refractivity contribution in [3.63, 3.8) is 0 Å². The number of ether oxygens (including phenoxy) is 1. The van der Waals surface area contributed by atoms with Crippen LogP contribution in [0.5, 0.6) is 0 Å². The van der Waals surface area contributed by atoms with Crippen LogP contribution in [-0.2, 0) is 17.6 Å². The molecule has 0 N–H and O–H groups in total. The largest absolute Gasteiger partial charge is 0.488 e. The van der Waals surface area contributed by atoms with Crippen molar-refractivity contribution in [2.75, 3.05) is 18.0 Å². The smallest absolute Gasteiger partial charge is 0.265 e. The molecule has 0 bridgehead atoms. The van der Waals surface area contributed by atoms with Gasteiger partial charge in [0.25, 0.3) is 5.70 Å². The molecule has 0 aromatic heterocycles. The first-order valence-corrected chi connectivity index (χ1v) is 9.99. The average Bonchev–Trinajstić information content (AvgIpc) is 2.67. The molecule has 3 heterocycles. The van der Waals surface area contributed by atoms with Gasteiger partial charge in [-0.2, -0.15) is 0 Å². The normalized spacial score (nSPS) is 21.9. The van der Waals surface area contributed by atoms with Gasteiger partial charge in [0.15, 0.2) is 0 Å². The summed E-state index contributed by atoms with van der Waals surface area (Å²) in [6, 6.07) is 6.62. The van der Waals surface area contributed by atoms with Crippen LogP contribution in [0.2, 0.25) is 0 Å². The van der Waals surface area contributed by atoms with Gasteiger partial charge in [-0.25, -0.2) is 10.1 Å². The quantitative estimate of drug-likeness (QED) is 0.531. The van der Waals surface area contributed by atoms with Gasteiger partial charge in [-0.15, -0.1) is 0 Å². The molecule has 1 aromatic rings. The Kier molecular flexibility index (Phi) is 4.73. The SMILES string of the molecule is [C-]#[N+]/C(C#N)=C1C=C(/C=C/c2cc3c4c(c2)CCCN4CCC3)OC(C)(C)C\1. The van der Waals surface area contributed by atoms with E-state index in [9.17, 15) is 5.26 Å². The zero-order valence-corrected chi connectivity index (χ0v) is 16.6. The summed E-state index contributed by atoms with van der Waals surface area (Å²) in [5.74, 6) is 0.704. The molecule has 28 heavy (non-hydrogen) atoms. The van der Waals surface area contributed by atoms with Crippen LogP contribution in [0.15, 0.2) is 41.3 Å². The van der Waals surface area contributed by atoms with E-state index in [-0.39, 0.29) is 5.70 Å². The fourth-order valence-corrected chi connectivity index (χ4v) is 4.57. The number of anilines is 1. The summed E-state index contributed by atoms with van der Waals surface area (Å²) in [7, 11) is 0. The van der Waals surface area contributed by atoms with Crippen LogP contribution in [0, 0.1) is 17.9 Å². The summed E-state index contributed by atoms with van der Waals surface area (Å²) in [5, 5.41) is 9.23.